The quantitative estimate of drug-likeness (QED) is 0.588. The highest BCUT2D eigenvalue weighted by atomic mass is 19.4. The molecule has 162 valence electrons. The summed E-state index contributed by atoms with van der Waals surface area (Å²) in [4.78, 5) is 32.0. The average molecular weight is 441 g/mol. The van der Waals surface area contributed by atoms with Crippen molar-refractivity contribution >= 4 is 29.1 Å². The number of carboxylic acid groups (broad SMARTS) is 1. The van der Waals surface area contributed by atoms with Crippen LogP contribution in [0, 0.1) is 6.57 Å². The van der Waals surface area contributed by atoms with E-state index in [1.165, 1.54) is 18.5 Å². The Kier molecular flexibility index (Phi) is 5.31. The van der Waals surface area contributed by atoms with Crippen LogP contribution in [0.5, 0.6) is 0 Å². The first-order valence-electron chi connectivity index (χ1n) is 9.25. The molecule has 2 N–H and O–H groups in total. The zero-order valence-electron chi connectivity index (χ0n) is 16.3. The monoisotopic (exact) mass is 441 g/mol. The van der Waals surface area contributed by atoms with Gasteiger partial charge in [-0.1, -0.05) is 6.07 Å². The molecule has 0 bridgehead atoms. The minimum Gasteiger partial charge on any atom is -0.478 e. The Bertz CT molecular complexity index is 1220. The normalized spacial score (nSPS) is 13.2. The predicted molar refractivity (Wildman–Crippen MR) is 107 cm³/mol. The van der Waals surface area contributed by atoms with Crippen molar-refractivity contribution in [3.05, 3.63) is 70.7 Å². The van der Waals surface area contributed by atoms with Crippen LogP contribution < -0.4 is 10.2 Å². The molecule has 0 radical (unpaired) electrons. The van der Waals surface area contributed by atoms with Crippen LogP contribution in [0.15, 0.2) is 36.9 Å². The molecule has 0 amide bonds. The maximum Gasteiger partial charge on any atom is 0.407 e. The summed E-state index contributed by atoms with van der Waals surface area (Å²) in [5.74, 6) is -0.547. The zero-order chi connectivity index (χ0) is 22.9. The minimum absolute atomic E-state index is 0.0571. The molecule has 9 nitrogen and oxygen atoms in total. The second-order valence-corrected chi connectivity index (χ2v) is 6.86. The Labute approximate surface area is 179 Å². The number of hydrogen-bond donors (Lipinski definition) is 2. The van der Waals surface area contributed by atoms with Crippen molar-refractivity contribution in [3.8, 4) is 0 Å². The number of aromatic nitrogens is 4. The molecule has 0 unspecified atom stereocenters. The van der Waals surface area contributed by atoms with Crippen LogP contribution in [0.1, 0.15) is 27.2 Å². The van der Waals surface area contributed by atoms with Gasteiger partial charge in [0.2, 0.25) is 5.95 Å². The molecule has 1 aliphatic rings. The Morgan fingerprint density at radius 1 is 1.19 bits per heavy atom. The Balaban J connectivity index is 1.58. The first-order chi connectivity index (χ1) is 15.3. The second-order valence-electron chi connectivity index (χ2n) is 6.86. The lowest BCUT2D eigenvalue weighted by Gasteiger charge is -2.31. The fourth-order valence-corrected chi connectivity index (χ4v) is 3.34. The van der Waals surface area contributed by atoms with Gasteiger partial charge in [-0.2, -0.15) is 13.2 Å². The molecule has 32 heavy (non-hydrogen) atoms. The summed E-state index contributed by atoms with van der Waals surface area (Å²) in [6, 6.07) is 3.65. The van der Waals surface area contributed by atoms with E-state index in [1.807, 2.05) is 0 Å². The van der Waals surface area contributed by atoms with Gasteiger partial charge in [-0.05, 0) is 18.6 Å². The van der Waals surface area contributed by atoms with E-state index >= 15 is 0 Å². The van der Waals surface area contributed by atoms with Crippen molar-refractivity contribution in [2.75, 3.05) is 16.8 Å². The number of fused-ring (bicyclic) bond motifs is 1. The number of benzene rings is 1. The van der Waals surface area contributed by atoms with Crippen LogP contribution in [-0.2, 0) is 19.1 Å². The lowest BCUT2D eigenvalue weighted by Crippen LogP contribution is -2.32. The number of carbonyl (C=O) groups is 1. The molecular formula is C20H14F3N7O2. The van der Waals surface area contributed by atoms with Gasteiger partial charge in [-0.3, -0.25) is 0 Å². The van der Waals surface area contributed by atoms with Gasteiger partial charge in [0.15, 0.2) is 5.69 Å². The van der Waals surface area contributed by atoms with Gasteiger partial charge in [0.25, 0.3) is 0 Å². The second kappa shape index (κ2) is 8.10. The van der Waals surface area contributed by atoms with E-state index in [-0.39, 0.29) is 18.1 Å². The number of hydrogen-bond acceptors (Lipinski definition) is 7. The van der Waals surface area contributed by atoms with Crippen molar-refractivity contribution in [1.29, 1.82) is 0 Å². The van der Waals surface area contributed by atoms with Crippen LogP contribution in [0.25, 0.3) is 4.85 Å². The van der Waals surface area contributed by atoms with Crippen molar-refractivity contribution in [2.24, 2.45) is 0 Å². The summed E-state index contributed by atoms with van der Waals surface area (Å²) < 4.78 is 39.9. The van der Waals surface area contributed by atoms with Gasteiger partial charge >= 0.3 is 12.1 Å². The minimum atomic E-state index is -4.63. The van der Waals surface area contributed by atoms with E-state index in [9.17, 15) is 18.0 Å². The fraction of sp³-hybridized carbons (Fsp3) is 0.200. The number of nitrogens with one attached hydrogen (secondary N) is 1. The molecule has 1 aromatic carbocycles. The maximum atomic E-state index is 13.3. The number of anilines is 3. The van der Waals surface area contributed by atoms with Crippen LogP contribution in [0.2, 0.25) is 0 Å². The fourth-order valence-electron chi connectivity index (χ4n) is 3.34. The van der Waals surface area contributed by atoms with Crippen LogP contribution in [0.4, 0.5) is 36.3 Å². The van der Waals surface area contributed by atoms with Gasteiger partial charge in [0.1, 0.15) is 12.1 Å². The molecular weight excluding hydrogens is 427 g/mol. The third kappa shape index (κ3) is 4.13. The molecule has 0 saturated heterocycles. The third-order valence-electron chi connectivity index (χ3n) is 4.91. The van der Waals surface area contributed by atoms with Crippen LogP contribution in [-0.4, -0.2) is 37.6 Å². The number of alkyl halides is 3. The molecule has 0 fully saturated rings. The largest absolute Gasteiger partial charge is 0.478 e. The number of aromatic carboxylic acids is 1. The molecule has 12 heteroatoms. The molecule has 1 aliphatic heterocycles. The molecule has 0 aliphatic carbocycles. The first kappa shape index (κ1) is 21.0. The lowest BCUT2D eigenvalue weighted by molar-refractivity contribution is -0.136. The van der Waals surface area contributed by atoms with E-state index in [0.29, 0.717) is 30.2 Å². The SMILES string of the molecule is [C-]#[N+]c1ccc(N2CCc3c(ncnc3Nc3ncc(C(=O)O)cn3)C2)cc1C(F)(F)F. The standard InChI is InChI=1S/C20H14F3N7O2/c1-24-15-3-2-12(6-14(15)20(21,22)23)30-5-4-13-16(9-30)27-10-28-17(13)29-19-25-7-11(8-26-19)18(31)32/h2-3,6-8,10H,4-5,9H2,(H,31,32)(H,25,26,27,28,29). The average Bonchev–Trinajstić information content (AvgIpc) is 2.78. The Morgan fingerprint density at radius 3 is 2.59 bits per heavy atom. The number of carboxylic acids is 1. The summed E-state index contributed by atoms with van der Waals surface area (Å²) >= 11 is 0. The van der Waals surface area contributed by atoms with Gasteiger partial charge in [0.05, 0.1) is 29.9 Å². The highest BCUT2D eigenvalue weighted by Gasteiger charge is 2.34. The topological polar surface area (TPSA) is 108 Å². The smallest absolute Gasteiger partial charge is 0.407 e. The third-order valence-corrected chi connectivity index (χ3v) is 4.91. The van der Waals surface area contributed by atoms with Gasteiger partial charge in [0, 0.05) is 30.2 Å². The number of rotatable bonds is 4. The number of halogens is 3. The van der Waals surface area contributed by atoms with Crippen molar-refractivity contribution in [3.63, 3.8) is 0 Å². The molecule has 4 rings (SSSR count). The Hall–Kier alpha value is -4.27. The van der Waals surface area contributed by atoms with Gasteiger partial charge < -0.3 is 15.3 Å². The zero-order valence-corrected chi connectivity index (χ0v) is 16.3. The van der Waals surface area contributed by atoms with E-state index in [0.717, 1.165) is 24.0 Å². The summed E-state index contributed by atoms with van der Waals surface area (Å²) in [6.45, 7) is 7.63. The van der Waals surface area contributed by atoms with E-state index in [4.69, 9.17) is 11.7 Å². The van der Waals surface area contributed by atoms with Crippen molar-refractivity contribution < 1.29 is 23.1 Å². The van der Waals surface area contributed by atoms with Crippen LogP contribution in [0.3, 0.4) is 0 Å². The molecule has 0 saturated carbocycles. The van der Waals surface area contributed by atoms with Gasteiger partial charge in [-0.25, -0.2) is 29.6 Å². The summed E-state index contributed by atoms with van der Waals surface area (Å²) in [6.07, 6.45) is -0.535. The van der Waals surface area contributed by atoms with E-state index in [2.05, 4.69) is 30.1 Å². The first-order valence-corrected chi connectivity index (χ1v) is 9.25. The van der Waals surface area contributed by atoms with Gasteiger partial charge in [-0.15, -0.1) is 0 Å². The highest BCUT2D eigenvalue weighted by molar-refractivity contribution is 5.86. The van der Waals surface area contributed by atoms with Crippen LogP contribution >= 0.6 is 0 Å². The van der Waals surface area contributed by atoms with Crippen molar-refractivity contribution in [1.82, 2.24) is 19.9 Å². The summed E-state index contributed by atoms with van der Waals surface area (Å²) in [5, 5.41) is 11.9. The number of nitrogens with zero attached hydrogens (tertiary/aromatic N) is 6. The Morgan fingerprint density at radius 2 is 1.94 bits per heavy atom. The molecule has 2 aromatic heterocycles. The predicted octanol–water partition coefficient (Wildman–Crippen LogP) is 3.84. The molecule has 3 aromatic rings. The van der Waals surface area contributed by atoms with Crippen molar-refractivity contribution in [2.45, 2.75) is 19.1 Å². The van der Waals surface area contributed by atoms with E-state index < -0.39 is 23.4 Å². The highest BCUT2D eigenvalue weighted by Crippen LogP contribution is 2.39. The maximum absolute atomic E-state index is 13.3. The summed E-state index contributed by atoms with van der Waals surface area (Å²) in [7, 11) is 0. The lowest BCUT2D eigenvalue weighted by atomic mass is 10.0. The molecule has 0 spiro atoms. The van der Waals surface area contributed by atoms with E-state index in [1.54, 1.807) is 4.90 Å². The summed E-state index contributed by atoms with van der Waals surface area (Å²) in [5.41, 5.74) is 0.265. The molecule has 3 heterocycles. The molecule has 0 atom stereocenters.